The van der Waals surface area contributed by atoms with Gasteiger partial charge in [0.1, 0.15) is 0 Å². The molecule has 1 unspecified atom stereocenters. The topological polar surface area (TPSA) is 78.0 Å². The lowest BCUT2D eigenvalue weighted by Crippen LogP contribution is -1.82. The van der Waals surface area contributed by atoms with Gasteiger partial charge < -0.3 is 14.9 Å². The van der Waals surface area contributed by atoms with E-state index in [0.29, 0.717) is 6.61 Å². The summed E-state index contributed by atoms with van der Waals surface area (Å²) in [5.41, 5.74) is 0. The normalized spacial score (nSPS) is 12.2. The van der Waals surface area contributed by atoms with Gasteiger partial charge in [-0.3, -0.25) is 4.57 Å². The first-order valence-corrected chi connectivity index (χ1v) is 3.89. The highest BCUT2D eigenvalue weighted by atomic mass is 31.1. The molecule has 0 aliphatic rings. The molecule has 0 aliphatic heterocycles. The Kier molecular flexibility index (Phi) is 10.7. The molecule has 1 atom stereocenters. The second kappa shape index (κ2) is 8.11. The molecule has 0 aromatic rings. The van der Waals surface area contributed by atoms with Crippen LogP contribution in [0.4, 0.5) is 0 Å². The van der Waals surface area contributed by atoms with E-state index in [4.69, 9.17) is 4.89 Å². The summed E-state index contributed by atoms with van der Waals surface area (Å²) in [5.74, 6) is 0. The molecule has 0 amide bonds. The van der Waals surface area contributed by atoms with E-state index in [-0.39, 0.29) is 5.48 Å². The Bertz CT molecular complexity index is 75.0. The Morgan fingerprint density at radius 1 is 1.67 bits per heavy atom. The third-order valence-electron chi connectivity index (χ3n) is 0.723. The van der Waals surface area contributed by atoms with Crippen LogP contribution in [0.3, 0.4) is 0 Å². The lowest BCUT2D eigenvalue weighted by atomic mass is 10.4. The van der Waals surface area contributed by atoms with Gasteiger partial charge >= 0.3 is 8.25 Å². The van der Waals surface area contributed by atoms with Crippen LogP contribution in [-0.4, -0.2) is 17.0 Å². The fourth-order valence-electron chi connectivity index (χ4n) is 0.304. The zero-order chi connectivity index (χ0) is 6.41. The van der Waals surface area contributed by atoms with Gasteiger partial charge in [-0.05, 0) is 6.42 Å². The minimum Gasteiger partial charge on any atom is -0.412 e. The van der Waals surface area contributed by atoms with Crippen LogP contribution in [0.25, 0.3) is 0 Å². The zero-order valence-electron chi connectivity index (χ0n) is 5.39. The van der Waals surface area contributed by atoms with Gasteiger partial charge in [0.05, 0.1) is 6.61 Å². The first kappa shape index (κ1) is 11.9. The Hall–Kier alpha value is 0.110. The fraction of sp³-hybridized carbons (Fsp3) is 1.00. The van der Waals surface area contributed by atoms with Crippen LogP contribution in [0.2, 0.25) is 0 Å². The van der Waals surface area contributed by atoms with Crippen molar-refractivity contribution in [2.24, 2.45) is 0 Å². The summed E-state index contributed by atoms with van der Waals surface area (Å²) >= 11 is 0. The van der Waals surface area contributed by atoms with Crippen molar-refractivity contribution in [3.05, 3.63) is 0 Å². The number of unbranched alkanes of at least 4 members (excludes halogenated alkanes) is 1. The quantitative estimate of drug-likeness (QED) is 0.471. The van der Waals surface area contributed by atoms with E-state index in [0.717, 1.165) is 12.8 Å². The van der Waals surface area contributed by atoms with Crippen LogP contribution < -0.4 is 0 Å². The van der Waals surface area contributed by atoms with Crippen LogP contribution in [0.5, 0.6) is 0 Å². The number of hydrogen-bond acceptors (Lipinski definition) is 2. The molecule has 0 aromatic carbocycles. The summed E-state index contributed by atoms with van der Waals surface area (Å²) in [4.78, 5) is 8.10. The smallest absolute Gasteiger partial charge is 0.316 e. The van der Waals surface area contributed by atoms with Gasteiger partial charge in [-0.15, -0.1) is 0 Å². The van der Waals surface area contributed by atoms with Crippen molar-refractivity contribution in [1.29, 1.82) is 0 Å². The third kappa shape index (κ3) is 11.6. The lowest BCUT2D eigenvalue weighted by molar-refractivity contribution is 0.276. The van der Waals surface area contributed by atoms with Crippen molar-refractivity contribution >= 4 is 8.25 Å². The highest BCUT2D eigenvalue weighted by Gasteiger charge is 1.87. The predicted octanol–water partition coefficient (Wildman–Crippen LogP) is 0.360. The lowest BCUT2D eigenvalue weighted by Gasteiger charge is -1.94. The Balaban J connectivity index is 0. The summed E-state index contributed by atoms with van der Waals surface area (Å²) in [7, 11) is -2.66. The first-order valence-electron chi connectivity index (χ1n) is 2.63. The van der Waals surface area contributed by atoms with Crippen LogP contribution in [-0.2, 0) is 9.09 Å². The summed E-state index contributed by atoms with van der Waals surface area (Å²) in [6, 6.07) is 0. The van der Waals surface area contributed by atoms with E-state index in [1.165, 1.54) is 0 Å². The van der Waals surface area contributed by atoms with Gasteiger partial charge in [-0.2, -0.15) is 0 Å². The molecular weight excluding hydrogens is 143 g/mol. The molecule has 4 nitrogen and oxygen atoms in total. The van der Waals surface area contributed by atoms with Crippen LogP contribution >= 0.6 is 8.25 Å². The van der Waals surface area contributed by atoms with Gasteiger partial charge in [-0.1, -0.05) is 13.3 Å². The van der Waals surface area contributed by atoms with Gasteiger partial charge in [0.2, 0.25) is 0 Å². The standard InChI is InChI=1S/C4H11O3P.H2O/c1-2-3-4-7-8(5)6;/h8H,2-4H2,1H3,(H,5,6);1H2. The highest BCUT2D eigenvalue weighted by molar-refractivity contribution is 7.32. The maximum absolute atomic E-state index is 9.84. The molecule has 58 valence electrons. The predicted molar refractivity (Wildman–Crippen MR) is 35.7 cm³/mol. The molecule has 0 radical (unpaired) electrons. The van der Waals surface area contributed by atoms with E-state index in [9.17, 15) is 4.57 Å². The van der Waals surface area contributed by atoms with Crippen molar-refractivity contribution in [2.45, 2.75) is 19.8 Å². The Morgan fingerprint density at radius 3 is 2.56 bits per heavy atom. The monoisotopic (exact) mass is 156 g/mol. The second-order valence-electron chi connectivity index (χ2n) is 1.47. The number of hydrogen-bond donors (Lipinski definition) is 1. The van der Waals surface area contributed by atoms with Crippen molar-refractivity contribution in [3.8, 4) is 0 Å². The highest BCUT2D eigenvalue weighted by Crippen LogP contribution is 2.14. The molecule has 0 aliphatic carbocycles. The molecule has 9 heavy (non-hydrogen) atoms. The molecule has 0 aromatic heterocycles. The molecule has 3 N–H and O–H groups in total. The summed E-state index contributed by atoms with van der Waals surface area (Å²) in [6.45, 7) is 2.41. The van der Waals surface area contributed by atoms with Gasteiger partial charge in [0.15, 0.2) is 0 Å². The van der Waals surface area contributed by atoms with Crippen LogP contribution in [0.15, 0.2) is 0 Å². The maximum Gasteiger partial charge on any atom is 0.316 e. The van der Waals surface area contributed by atoms with E-state index < -0.39 is 8.25 Å². The largest absolute Gasteiger partial charge is 0.412 e. The summed E-state index contributed by atoms with van der Waals surface area (Å²) in [6.07, 6.45) is 1.85. The maximum atomic E-state index is 9.84. The van der Waals surface area contributed by atoms with Crippen molar-refractivity contribution in [1.82, 2.24) is 0 Å². The van der Waals surface area contributed by atoms with Crippen molar-refractivity contribution in [2.75, 3.05) is 6.61 Å². The van der Waals surface area contributed by atoms with Crippen LogP contribution in [0.1, 0.15) is 19.8 Å². The molecule has 5 heteroatoms. The molecule has 0 saturated heterocycles. The van der Waals surface area contributed by atoms with Crippen molar-refractivity contribution in [3.63, 3.8) is 0 Å². The average molecular weight is 156 g/mol. The minimum absolute atomic E-state index is 0. The minimum atomic E-state index is -2.66. The first-order chi connectivity index (χ1) is 3.77. The van der Waals surface area contributed by atoms with E-state index >= 15 is 0 Å². The van der Waals surface area contributed by atoms with Gasteiger partial charge in [0, 0.05) is 0 Å². The van der Waals surface area contributed by atoms with Gasteiger partial charge in [-0.25, -0.2) is 0 Å². The molecule has 0 fully saturated rings. The Morgan fingerprint density at radius 2 is 2.22 bits per heavy atom. The summed E-state index contributed by atoms with van der Waals surface area (Å²) in [5, 5.41) is 0. The van der Waals surface area contributed by atoms with E-state index in [2.05, 4.69) is 4.52 Å². The van der Waals surface area contributed by atoms with E-state index in [1.54, 1.807) is 0 Å². The van der Waals surface area contributed by atoms with E-state index in [1.807, 2.05) is 6.92 Å². The molecule has 0 heterocycles. The second-order valence-corrected chi connectivity index (χ2v) is 2.29. The molecule has 0 spiro atoms. The average Bonchev–Trinajstić information content (AvgIpc) is 1.66. The van der Waals surface area contributed by atoms with Crippen LogP contribution in [0, 0.1) is 0 Å². The fourth-order valence-corrected chi connectivity index (χ4v) is 0.623. The summed E-state index contributed by atoms with van der Waals surface area (Å²) < 4.78 is 14.2. The molecule has 0 bridgehead atoms. The SMILES string of the molecule is CCCCO[PH](=O)O.O. The molecular formula is C4H13O4P. The third-order valence-corrected chi connectivity index (χ3v) is 1.17. The molecule has 0 rings (SSSR count). The zero-order valence-corrected chi connectivity index (χ0v) is 6.39. The Labute approximate surface area is 55.1 Å². The number of rotatable bonds is 4. The molecule has 0 saturated carbocycles. The van der Waals surface area contributed by atoms with Gasteiger partial charge in [0.25, 0.3) is 0 Å². The van der Waals surface area contributed by atoms with Crippen molar-refractivity contribution < 1.29 is 19.5 Å².